The average Bonchev–Trinajstić information content (AvgIpc) is 2.49. The van der Waals surface area contributed by atoms with E-state index in [1.807, 2.05) is 0 Å². The van der Waals surface area contributed by atoms with E-state index in [1.165, 1.54) is 12.1 Å². The molecule has 2 aromatic rings. The molecular formula is C15H14BrClFNO2. The lowest BCUT2D eigenvalue weighted by molar-refractivity contribution is 0.395. The van der Waals surface area contributed by atoms with Gasteiger partial charge in [-0.1, -0.05) is 17.7 Å². The zero-order chi connectivity index (χ0) is 15.6. The molecule has 0 amide bonds. The molecule has 2 N–H and O–H groups in total. The standard InChI is InChI=1S/C15H14BrClFNO2/c1-20-13-7-10(16)14(21-2)6-9(13)15(19)8-3-4-12(18)11(17)5-8/h3-7,15H,19H2,1-2H3. The minimum atomic E-state index is -0.514. The van der Waals surface area contributed by atoms with Crippen LogP contribution in [0.3, 0.4) is 0 Å². The monoisotopic (exact) mass is 373 g/mol. The molecule has 2 rings (SSSR count). The lowest BCUT2D eigenvalue weighted by Gasteiger charge is -2.18. The summed E-state index contributed by atoms with van der Waals surface area (Å²) >= 11 is 9.20. The Morgan fingerprint density at radius 2 is 1.81 bits per heavy atom. The smallest absolute Gasteiger partial charge is 0.141 e. The number of nitrogens with two attached hydrogens (primary N) is 1. The fraction of sp³-hybridized carbons (Fsp3) is 0.200. The Bertz CT molecular complexity index is 666. The number of rotatable bonds is 4. The number of benzene rings is 2. The van der Waals surface area contributed by atoms with Gasteiger partial charge in [-0.2, -0.15) is 0 Å². The molecule has 3 nitrogen and oxygen atoms in total. The predicted octanol–water partition coefficient (Wildman–Crippen LogP) is 4.31. The van der Waals surface area contributed by atoms with Crippen LogP contribution < -0.4 is 15.2 Å². The molecule has 21 heavy (non-hydrogen) atoms. The second kappa shape index (κ2) is 6.64. The van der Waals surface area contributed by atoms with Gasteiger partial charge in [0.05, 0.1) is 29.8 Å². The van der Waals surface area contributed by atoms with Crippen LogP contribution in [-0.2, 0) is 0 Å². The Labute approximate surface area is 135 Å². The van der Waals surface area contributed by atoms with Gasteiger partial charge in [-0.15, -0.1) is 0 Å². The Morgan fingerprint density at radius 3 is 2.38 bits per heavy atom. The van der Waals surface area contributed by atoms with Gasteiger partial charge in [0.1, 0.15) is 17.3 Å². The summed E-state index contributed by atoms with van der Waals surface area (Å²) in [5.74, 6) is 0.762. The maximum Gasteiger partial charge on any atom is 0.141 e. The molecule has 2 aromatic carbocycles. The van der Waals surface area contributed by atoms with E-state index in [9.17, 15) is 4.39 Å². The number of hydrogen-bond donors (Lipinski definition) is 1. The van der Waals surface area contributed by atoms with E-state index in [0.29, 0.717) is 17.1 Å². The van der Waals surface area contributed by atoms with E-state index in [-0.39, 0.29) is 5.02 Å². The molecule has 0 radical (unpaired) electrons. The van der Waals surface area contributed by atoms with Crippen molar-refractivity contribution >= 4 is 27.5 Å². The van der Waals surface area contributed by atoms with Crippen molar-refractivity contribution in [1.82, 2.24) is 0 Å². The summed E-state index contributed by atoms with van der Waals surface area (Å²) in [5, 5.41) is 0.0333. The van der Waals surface area contributed by atoms with Crippen molar-refractivity contribution in [2.45, 2.75) is 6.04 Å². The first-order valence-corrected chi connectivity index (χ1v) is 7.27. The third-order valence-corrected chi connectivity index (χ3v) is 4.05. The molecule has 1 unspecified atom stereocenters. The Morgan fingerprint density at radius 1 is 1.14 bits per heavy atom. The van der Waals surface area contributed by atoms with Crippen molar-refractivity contribution in [2.75, 3.05) is 14.2 Å². The number of methoxy groups -OCH3 is 2. The molecule has 0 bridgehead atoms. The minimum Gasteiger partial charge on any atom is -0.496 e. The van der Waals surface area contributed by atoms with E-state index >= 15 is 0 Å². The van der Waals surface area contributed by atoms with Crippen LogP contribution in [0.5, 0.6) is 11.5 Å². The number of halogens is 3. The lowest BCUT2D eigenvalue weighted by Crippen LogP contribution is -2.13. The van der Waals surface area contributed by atoms with Crippen LogP contribution >= 0.6 is 27.5 Å². The third kappa shape index (κ3) is 3.31. The maximum atomic E-state index is 13.3. The van der Waals surface area contributed by atoms with Gasteiger partial charge in [0, 0.05) is 5.56 Å². The lowest BCUT2D eigenvalue weighted by atomic mass is 9.98. The van der Waals surface area contributed by atoms with Crippen LogP contribution in [0, 0.1) is 5.82 Å². The first-order chi connectivity index (χ1) is 9.97. The molecule has 0 heterocycles. The molecule has 1 atom stereocenters. The highest BCUT2D eigenvalue weighted by Gasteiger charge is 2.18. The molecule has 0 fully saturated rings. The molecule has 112 valence electrons. The van der Waals surface area contributed by atoms with Crippen LogP contribution in [0.1, 0.15) is 17.2 Å². The van der Waals surface area contributed by atoms with E-state index in [4.69, 9.17) is 26.8 Å². The van der Waals surface area contributed by atoms with Crippen LogP contribution in [-0.4, -0.2) is 14.2 Å². The van der Waals surface area contributed by atoms with Crippen molar-refractivity contribution in [2.24, 2.45) is 5.73 Å². The minimum absolute atomic E-state index is 0.0333. The molecule has 0 aromatic heterocycles. The largest absolute Gasteiger partial charge is 0.496 e. The fourth-order valence-corrected chi connectivity index (χ4v) is 2.69. The van der Waals surface area contributed by atoms with Gasteiger partial charge in [0.15, 0.2) is 0 Å². The molecule has 0 aliphatic rings. The summed E-state index contributed by atoms with van der Waals surface area (Å²) in [5.41, 5.74) is 7.66. The highest BCUT2D eigenvalue weighted by Crippen LogP contribution is 2.37. The van der Waals surface area contributed by atoms with Crippen LogP contribution in [0.15, 0.2) is 34.8 Å². The molecule has 0 saturated heterocycles. The van der Waals surface area contributed by atoms with Gasteiger partial charge in [-0.25, -0.2) is 4.39 Å². The Balaban J connectivity index is 2.50. The molecule has 0 saturated carbocycles. The topological polar surface area (TPSA) is 44.5 Å². The van der Waals surface area contributed by atoms with E-state index in [2.05, 4.69) is 15.9 Å². The maximum absolute atomic E-state index is 13.3. The summed E-state index contributed by atoms with van der Waals surface area (Å²) in [4.78, 5) is 0. The van der Waals surface area contributed by atoms with E-state index < -0.39 is 11.9 Å². The zero-order valence-electron chi connectivity index (χ0n) is 11.5. The van der Waals surface area contributed by atoms with E-state index in [1.54, 1.807) is 32.4 Å². The van der Waals surface area contributed by atoms with Crippen molar-refractivity contribution in [3.05, 3.63) is 56.8 Å². The Hall–Kier alpha value is -1.30. The summed E-state index contributed by atoms with van der Waals surface area (Å²) in [6, 6.07) is 7.44. The van der Waals surface area contributed by atoms with Gasteiger partial charge in [0.2, 0.25) is 0 Å². The molecule has 0 aliphatic carbocycles. The summed E-state index contributed by atoms with van der Waals surface area (Å²) in [7, 11) is 3.12. The SMILES string of the molecule is COc1cc(C(N)c2ccc(F)c(Cl)c2)c(OC)cc1Br. The highest BCUT2D eigenvalue weighted by molar-refractivity contribution is 9.10. The predicted molar refractivity (Wildman–Crippen MR) is 84.7 cm³/mol. The van der Waals surface area contributed by atoms with Crippen LogP contribution in [0.25, 0.3) is 0 Å². The molecule has 0 spiro atoms. The van der Waals surface area contributed by atoms with Crippen LogP contribution in [0.2, 0.25) is 5.02 Å². The second-order valence-electron chi connectivity index (χ2n) is 4.38. The van der Waals surface area contributed by atoms with E-state index in [0.717, 1.165) is 10.0 Å². The van der Waals surface area contributed by atoms with Crippen molar-refractivity contribution < 1.29 is 13.9 Å². The molecular weight excluding hydrogens is 361 g/mol. The molecule has 0 aliphatic heterocycles. The van der Waals surface area contributed by atoms with Gasteiger partial charge in [-0.3, -0.25) is 0 Å². The normalized spacial score (nSPS) is 12.1. The number of hydrogen-bond acceptors (Lipinski definition) is 3. The summed E-state index contributed by atoms with van der Waals surface area (Å²) in [6.07, 6.45) is 0. The quantitative estimate of drug-likeness (QED) is 0.867. The van der Waals surface area contributed by atoms with Crippen molar-refractivity contribution in [3.8, 4) is 11.5 Å². The fourth-order valence-electron chi connectivity index (χ4n) is 2.01. The number of ether oxygens (including phenoxy) is 2. The average molecular weight is 375 g/mol. The summed E-state index contributed by atoms with van der Waals surface area (Å²) < 4.78 is 24.6. The second-order valence-corrected chi connectivity index (χ2v) is 5.64. The first kappa shape index (κ1) is 16.1. The first-order valence-electron chi connectivity index (χ1n) is 6.10. The third-order valence-electron chi connectivity index (χ3n) is 3.14. The zero-order valence-corrected chi connectivity index (χ0v) is 13.8. The van der Waals surface area contributed by atoms with Crippen molar-refractivity contribution in [1.29, 1.82) is 0 Å². The van der Waals surface area contributed by atoms with Gasteiger partial charge >= 0.3 is 0 Å². The van der Waals surface area contributed by atoms with Crippen LogP contribution in [0.4, 0.5) is 4.39 Å². The van der Waals surface area contributed by atoms with Gasteiger partial charge < -0.3 is 15.2 Å². The Kier molecular flexibility index (Phi) is 5.08. The molecule has 6 heteroatoms. The summed E-state index contributed by atoms with van der Waals surface area (Å²) in [6.45, 7) is 0. The van der Waals surface area contributed by atoms with Gasteiger partial charge in [-0.05, 0) is 45.8 Å². The van der Waals surface area contributed by atoms with Gasteiger partial charge in [0.25, 0.3) is 0 Å². The van der Waals surface area contributed by atoms with Crippen molar-refractivity contribution in [3.63, 3.8) is 0 Å². The highest BCUT2D eigenvalue weighted by atomic mass is 79.9.